The Balaban J connectivity index is 1.76. The zero-order valence-electron chi connectivity index (χ0n) is 12.9. The summed E-state index contributed by atoms with van der Waals surface area (Å²) in [7, 11) is -4.31. The number of aromatic amines is 1. The molecular formula is C15H11FN4O5S. The fourth-order valence-corrected chi connectivity index (χ4v) is 3.09. The topological polar surface area (TPSA) is 134 Å². The van der Waals surface area contributed by atoms with E-state index in [9.17, 15) is 27.7 Å². The lowest BCUT2D eigenvalue weighted by molar-refractivity contribution is -0.387. The lowest BCUT2D eigenvalue weighted by atomic mass is 10.1. The average Bonchev–Trinajstić information content (AvgIpc) is 3.07. The molecule has 3 N–H and O–H groups in total. The van der Waals surface area contributed by atoms with Crippen LogP contribution in [0.2, 0.25) is 0 Å². The lowest BCUT2D eigenvalue weighted by Crippen LogP contribution is -2.41. The second kappa shape index (κ2) is 6.54. The number of benzene rings is 2. The molecule has 1 aromatic heterocycles. The minimum atomic E-state index is -4.31. The highest BCUT2D eigenvalue weighted by atomic mass is 32.2. The number of nitrogens with zero attached hydrogens (tertiary/aromatic N) is 1. The molecule has 3 rings (SSSR count). The number of nitro benzene ring substituents is 1. The van der Waals surface area contributed by atoms with Crippen molar-refractivity contribution in [3.05, 3.63) is 70.2 Å². The van der Waals surface area contributed by atoms with E-state index in [1.54, 1.807) is 12.3 Å². The molecule has 0 radical (unpaired) electrons. The van der Waals surface area contributed by atoms with Gasteiger partial charge in [-0.3, -0.25) is 20.3 Å². The summed E-state index contributed by atoms with van der Waals surface area (Å²) in [6.07, 6.45) is 1.69. The van der Waals surface area contributed by atoms with Gasteiger partial charge in [0.1, 0.15) is 0 Å². The van der Waals surface area contributed by atoms with Crippen LogP contribution in [0.4, 0.5) is 10.1 Å². The fourth-order valence-electron chi connectivity index (χ4n) is 2.24. The Kier molecular flexibility index (Phi) is 4.40. The summed E-state index contributed by atoms with van der Waals surface area (Å²) in [4.78, 5) is 25.8. The van der Waals surface area contributed by atoms with Crippen LogP contribution in [0.15, 0.2) is 53.6 Å². The molecule has 26 heavy (non-hydrogen) atoms. The van der Waals surface area contributed by atoms with Gasteiger partial charge in [-0.25, -0.2) is 8.42 Å². The Labute approximate surface area is 146 Å². The van der Waals surface area contributed by atoms with Gasteiger partial charge in [-0.05, 0) is 29.7 Å². The molecule has 0 saturated carbocycles. The molecular weight excluding hydrogens is 367 g/mol. The van der Waals surface area contributed by atoms with E-state index in [1.165, 1.54) is 12.1 Å². The van der Waals surface area contributed by atoms with Crippen LogP contribution < -0.4 is 10.3 Å². The van der Waals surface area contributed by atoms with E-state index in [1.807, 2.05) is 16.3 Å². The highest BCUT2D eigenvalue weighted by molar-refractivity contribution is 7.89. The van der Waals surface area contributed by atoms with Crippen LogP contribution in [0.3, 0.4) is 0 Å². The largest absolute Gasteiger partial charge is 0.361 e. The third-order valence-electron chi connectivity index (χ3n) is 3.54. The standard InChI is InChI=1S/C15H11FN4O5S/c16-12-8-11(3-4-14(12)20(22)23)26(24,25)19-18-15(21)10-2-1-9-5-6-17-13(9)7-10/h1-8,17,19H,(H,18,21). The van der Waals surface area contributed by atoms with Crippen molar-refractivity contribution in [3.8, 4) is 0 Å². The lowest BCUT2D eigenvalue weighted by Gasteiger charge is -2.09. The summed E-state index contributed by atoms with van der Waals surface area (Å²) in [6, 6.07) is 8.61. The maximum Gasteiger partial charge on any atom is 0.304 e. The van der Waals surface area contributed by atoms with Gasteiger partial charge < -0.3 is 4.98 Å². The molecule has 2 aromatic carbocycles. The highest BCUT2D eigenvalue weighted by Gasteiger charge is 2.21. The fraction of sp³-hybridized carbons (Fsp3) is 0. The molecule has 1 heterocycles. The summed E-state index contributed by atoms with van der Waals surface area (Å²) in [5.74, 6) is -2.03. The number of nitro groups is 1. The van der Waals surface area contributed by atoms with Crippen LogP contribution in [0.5, 0.6) is 0 Å². The molecule has 0 bridgehead atoms. The van der Waals surface area contributed by atoms with E-state index in [4.69, 9.17) is 0 Å². The zero-order valence-corrected chi connectivity index (χ0v) is 13.7. The van der Waals surface area contributed by atoms with Gasteiger partial charge in [-0.15, -0.1) is 4.83 Å². The first kappa shape index (κ1) is 17.5. The first-order valence-corrected chi connectivity index (χ1v) is 8.59. The molecule has 1 amide bonds. The summed E-state index contributed by atoms with van der Waals surface area (Å²) in [5.41, 5.74) is 2.03. The van der Waals surface area contributed by atoms with Gasteiger partial charge in [0.05, 0.1) is 9.82 Å². The summed E-state index contributed by atoms with van der Waals surface area (Å²) >= 11 is 0. The Bertz CT molecular complexity index is 1130. The Hall–Kier alpha value is -3.31. The van der Waals surface area contributed by atoms with Crippen LogP contribution in [-0.2, 0) is 10.0 Å². The average molecular weight is 378 g/mol. The van der Waals surface area contributed by atoms with Crippen LogP contribution in [0.1, 0.15) is 10.4 Å². The number of hydrogen-bond donors (Lipinski definition) is 3. The number of sulfonamides is 1. The van der Waals surface area contributed by atoms with Gasteiger partial charge in [0.2, 0.25) is 5.82 Å². The van der Waals surface area contributed by atoms with E-state index >= 15 is 0 Å². The van der Waals surface area contributed by atoms with Gasteiger partial charge in [0, 0.05) is 29.4 Å². The number of hydrazine groups is 1. The van der Waals surface area contributed by atoms with Crippen molar-refractivity contribution in [2.24, 2.45) is 0 Å². The third-order valence-corrected chi connectivity index (χ3v) is 4.79. The third kappa shape index (κ3) is 3.38. The van der Waals surface area contributed by atoms with Crippen molar-refractivity contribution in [2.75, 3.05) is 0 Å². The quantitative estimate of drug-likeness (QED) is 0.460. The zero-order chi connectivity index (χ0) is 18.9. The summed E-state index contributed by atoms with van der Waals surface area (Å²) in [5, 5.41) is 11.4. The van der Waals surface area contributed by atoms with Crippen molar-refractivity contribution in [1.29, 1.82) is 0 Å². The monoisotopic (exact) mass is 378 g/mol. The number of rotatable bonds is 5. The van der Waals surface area contributed by atoms with Gasteiger partial charge in [-0.2, -0.15) is 4.39 Å². The SMILES string of the molecule is O=C(NNS(=O)(=O)c1ccc([N+](=O)[O-])c(F)c1)c1ccc2cc[nH]c2c1. The number of amides is 1. The van der Waals surface area contributed by atoms with Crippen LogP contribution in [0.25, 0.3) is 10.9 Å². The molecule has 0 spiro atoms. The number of carbonyl (C=O) groups is 1. The Morgan fingerprint density at radius 3 is 2.62 bits per heavy atom. The molecule has 0 aliphatic rings. The number of fused-ring (bicyclic) bond motifs is 1. The molecule has 3 aromatic rings. The second-order valence-electron chi connectivity index (χ2n) is 5.21. The molecule has 0 fully saturated rings. The van der Waals surface area contributed by atoms with E-state index < -0.39 is 37.3 Å². The molecule has 0 aliphatic heterocycles. The van der Waals surface area contributed by atoms with Gasteiger partial charge in [-0.1, -0.05) is 6.07 Å². The maximum absolute atomic E-state index is 13.6. The first-order chi connectivity index (χ1) is 12.3. The summed E-state index contributed by atoms with van der Waals surface area (Å²) < 4.78 is 37.8. The van der Waals surface area contributed by atoms with Crippen molar-refractivity contribution >= 4 is 32.5 Å². The van der Waals surface area contributed by atoms with Gasteiger partial charge in [0.25, 0.3) is 15.9 Å². The number of H-pyrrole nitrogens is 1. The highest BCUT2D eigenvalue weighted by Crippen LogP contribution is 2.20. The molecule has 134 valence electrons. The van der Waals surface area contributed by atoms with E-state index in [2.05, 4.69) is 4.98 Å². The number of aromatic nitrogens is 1. The molecule has 0 aliphatic carbocycles. The molecule has 0 saturated heterocycles. The number of halogens is 1. The van der Waals surface area contributed by atoms with Gasteiger partial charge in [0.15, 0.2) is 0 Å². The van der Waals surface area contributed by atoms with Crippen molar-refractivity contribution in [1.82, 2.24) is 15.2 Å². The number of nitrogens with one attached hydrogen (secondary N) is 3. The second-order valence-corrected chi connectivity index (χ2v) is 6.89. The minimum absolute atomic E-state index is 0.192. The molecule has 11 heteroatoms. The molecule has 9 nitrogen and oxygen atoms in total. The minimum Gasteiger partial charge on any atom is -0.361 e. The van der Waals surface area contributed by atoms with E-state index in [-0.39, 0.29) is 5.56 Å². The van der Waals surface area contributed by atoms with Crippen LogP contribution >= 0.6 is 0 Å². The first-order valence-electron chi connectivity index (χ1n) is 7.11. The Morgan fingerprint density at radius 1 is 1.15 bits per heavy atom. The number of hydrogen-bond acceptors (Lipinski definition) is 5. The van der Waals surface area contributed by atoms with Crippen LogP contribution in [-0.4, -0.2) is 24.2 Å². The Morgan fingerprint density at radius 2 is 1.92 bits per heavy atom. The van der Waals surface area contributed by atoms with Crippen molar-refractivity contribution in [2.45, 2.75) is 4.90 Å². The van der Waals surface area contributed by atoms with E-state index in [0.29, 0.717) is 11.6 Å². The van der Waals surface area contributed by atoms with Crippen molar-refractivity contribution in [3.63, 3.8) is 0 Å². The molecule has 0 atom stereocenters. The maximum atomic E-state index is 13.6. The summed E-state index contributed by atoms with van der Waals surface area (Å²) in [6.45, 7) is 0. The van der Waals surface area contributed by atoms with E-state index in [0.717, 1.165) is 17.5 Å². The van der Waals surface area contributed by atoms with Crippen LogP contribution in [0, 0.1) is 15.9 Å². The normalized spacial score (nSPS) is 11.4. The predicted octanol–water partition coefficient (Wildman–Crippen LogP) is 1.84. The molecule has 0 unspecified atom stereocenters. The van der Waals surface area contributed by atoms with Gasteiger partial charge >= 0.3 is 5.69 Å². The van der Waals surface area contributed by atoms with Crippen molar-refractivity contribution < 1.29 is 22.5 Å². The number of carbonyl (C=O) groups excluding carboxylic acids is 1. The predicted molar refractivity (Wildman–Crippen MR) is 89.1 cm³/mol. The smallest absolute Gasteiger partial charge is 0.304 e.